The standard InChI is InChI=1S/C26H23N3O4/c1-3-27-23(30)19-11-8-16(2)22(14-19)28-24(31)18-12-9-17(10-13-18)15-29-25(32)20-6-4-5-7-21(20)26(29)33/h4-14H,3,15H2,1-2H3,(H,27,30)(H,28,31). The lowest BCUT2D eigenvalue weighted by molar-refractivity contribution is 0.0641. The average molecular weight is 441 g/mol. The minimum Gasteiger partial charge on any atom is -0.352 e. The van der Waals surface area contributed by atoms with E-state index in [2.05, 4.69) is 10.6 Å². The van der Waals surface area contributed by atoms with Gasteiger partial charge < -0.3 is 10.6 Å². The number of rotatable bonds is 6. The maximum atomic E-state index is 12.8. The van der Waals surface area contributed by atoms with Crippen LogP contribution in [0.2, 0.25) is 0 Å². The predicted molar refractivity (Wildman–Crippen MR) is 124 cm³/mol. The number of hydrogen-bond acceptors (Lipinski definition) is 4. The zero-order valence-electron chi connectivity index (χ0n) is 18.3. The molecular formula is C26H23N3O4. The third-order valence-electron chi connectivity index (χ3n) is 5.52. The van der Waals surface area contributed by atoms with Gasteiger partial charge in [-0.1, -0.05) is 30.3 Å². The van der Waals surface area contributed by atoms with Crippen LogP contribution in [-0.4, -0.2) is 35.1 Å². The largest absolute Gasteiger partial charge is 0.352 e. The van der Waals surface area contributed by atoms with Crippen molar-refractivity contribution in [3.05, 3.63) is 100 Å². The molecule has 4 amide bonds. The van der Waals surface area contributed by atoms with Crippen molar-refractivity contribution in [2.24, 2.45) is 0 Å². The van der Waals surface area contributed by atoms with E-state index in [0.29, 0.717) is 34.5 Å². The number of nitrogens with zero attached hydrogens (tertiary/aromatic N) is 1. The van der Waals surface area contributed by atoms with E-state index >= 15 is 0 Å². The summed E-state index contributed by atoms with van der Waals surface area (Å²) in [4.78, 5) is 51.1. The number of carbonyl (C=O) groups excluding carboxylic acids is 4. The van der Waals surface area contributed by atoms with Crippen molar-refractivity contribution < 1.29 is 19.2 Å². The molecule has 0 aromatic heterocycles. The number of benzene rings is 3. The van der Waals surface area contributed by atoms with Crippen LogP contribution in [-0.2, 0) is 6.54 Å². The van der Waals surface area contributed by atoms with Crippen molar-refractivity contribution in [1.29, 1.82) is 0 Å². The van der Waals surface area contributed by atoms with Gasteiger partial charge in [-0.25, -0.2) is 0 Å². The van der Waals surface area contributed by atoms with Gasteiger partial charge in [0, 0.05) is 23.4 Å². The van der Waals surface area contributed by atoms with Gasteiger partial charge in [-0.05, 0) is 61.4 Å². The van der Waals surface area contributed by atoms with Gasteiger partial charge in [-0.15, -0.1) is 0 Å². The molecule has 33 heavy (non-hydrogen) atoms. The van der Waals surface area contributed by atoms with Crippen LogP contribution in [0.1, 0.15) is 59.5 Å². The normalized spacial score (nSPS) is 12.5. The monoisotopic (exact) mass is 441 g/mol. The highest BCUT2D eigenvalue weighted by Crippen LogP contribution is 2.24. The number of hydrogen-bond donors (Lipinski definition) is 2. The number of carbonyl (C=O) groups is 4. The van der Waals surface area contributed by atoms with E-state index < -0.39 is 0 Å². The first-order valence-electron chi connectivity index (χ1n) is 10.6. The zero-order chi connectivity index (χ0) is 23.5. The number of nitrogens with one attached hydrogen (secondary N) is 2. The van der Waals surface area contributed by atoms with Crippen LogP contribution in [0, 0.1) is 6.92 Å². The Labute approximate surface area is 191 Å². The van der Waals surface area contributed by atoms with Crippen molar-refractivity contribution in [2.75, 3.05) is 11.9 Å². The van der Waals surface area contributed by atoms with Gasteiger partial charge in [0.25, 0.3) is 23.6 Å². The van der Waals surface area contributed by atoms with E-state index in [4.69, 9.17) is 0 Å². The molecule has 1 aliphatic heterocycles. The summed E-state index contributed by atoms with van der Waals surface area (Å²) in [5.74, 6) is -1.16. The van der Waals surface area contributed by atoms with Crippen molar-refractivity contribution in [3.8, 4) is 0 Å². The molecule has 0 saturated carbocycles. The fraction of sp³-hybridized carbons (Fsp3) is 0.154. The number of fused-ring (bicyclic) bond motifs is 1. The van der Waals surface area contributed by atoms with E-state index in [9.17, 15) is 19.2 Å². The summed E-state index contributed by atoms with van der Waals surface area (Å²) in [6.45, 7) is 4.33. The third-order valence-corrected chi connectivity index (χ3v) is 5.52. The molecule has 0 saturated heterocycles. The quantitative estimate of drug-likeness (QED) is 0.569. The fourth-order valence-electron chi connectivity index (χ4n) is 3.68. The van der Waals surface area contributed by atoms with E-state index in [0.717, 1.165) is 11.1 Å². The topological polar surface area (TPSA) is 95.6 Å². The maximum absolute atomic E-state index is 12.8. The highest BCUT2D eigenvalue weighted by Gasteiger charge is 2.34. The predicted octanol–water partition coefficient (Wildman–Crippen LogP) is 3.79. The minimum absolute atomic E-state index is 0.127. The van der Waals surface area contributed by atoms with Crippen molar-refractivity contribution in [1.82, 2.24) is 10.2 Å². The molecule has 0 unspecified atom stereocenters. The Hall–Kier alpha value is -4.26. The molecule has 2 N–H and O–H groups in total. The summed E-state index contributed by atoms with van der Waals surface area (Å²) in [5, 5.41) is 5.58. The fourth-order valence-corrected chi connectivity index (χ4v) is 3.68. The first kappa shape index (κ1) is 22.0. The molecule has 7 nitrogen and oxygen atoms in total. The van der Waals surface area contributed by atoms with Crippen LogP contribution < -0.4 is 10.6 Å². The Kier molecular flexibility index (Phi) is 6.04. The Morgan fingerprint density at radius 1 is 0.818 bits per heavy atom. The Bertz CT molecular complexity index is 1230. The van der Waals surface area contributed by atoms with Crippen LogP contribution in [0.5, 0.6) is 0 Å². The van der Waals surface area contributed by atoms with Crippen molar-refractivity contribution >= 4 is 29.3 Å². The smallest absolute Gasteiger partial charge is 0.261 e. The molecule has 0 aliphatic carbocycles. The lowest BCUT2D eigenvalue weighted by atomic mass is 10.1. The summed E-state index contributed by atoms with van der Waals surface area (Å²) in [5.41, 5.74) is 3.82. The van der Waals surface area contributed by atoms with E-state index in [1.54, 1.807) is 66.7 Å². The number of anilines is 1. The molecule has 0 fully saturated rings. The number of imide groups is 1. The van der Waals surface area contributed by atoms with Gasteiger partial charge in [0.2, 0.25) is 0 Å². The lowest BCUT2D eigenvalue weighted by Crippen LogP contribution is -2.29. The van der Waals surface area contributed by atoms with Gasteiger partial charge in [0.15, 0.2) is 0 Å². The molecule has 0 spiro atoms. The summed E-state index contributed by atoms with van der Waals surface area (Å²) in [7, 11) is 0. The molecule has 3 aromatic carbocycles. The average Bonchev–Trinajstić information content (AvgIpc) is 3.06. The maximum Gasteiger partial charge on any atom is 0.261 e. The van der Waals surface area contributed by atoms with Crippen LogP contribution in [0.3, 0.4) is 0 Å². The second-order valence-corrected chi connectivity index (χ2v) is 7.78. The van der Waals surface area contributed by atoms with Crippen LogP contribution in [0.4, 0.5) is 5.69 Å². The highest BCUT2D eigenvalue weighted by atomic mass is 16.2. The zero-order valence-corrected chi connectivity index (χ0v) is 18.3. The molecule has 166 valence electrons. The summed E-state index contributed by atoms with van der Waals surface area (Å²) >= 11 is 0. The molecule has 7 heteroatoms. The van der Waals surface area contributed by atoms with Gasteiger partial charge in [0.1, 0.15) is 0 Å². The number of aryl methyl sites for hydroxylation is 1. The Morgan fingerprint density at radius 3 is 2.03 bits per heavy atom. The first-order valence-corrected chi connectivity index (χ1v) is 10.6. The SMILES string of the molecule is CCNC(=O)c1ccc(C)c(NC(=O)c2ccc(CN3C(=O)c4ccccc4C3=O)cc2)c1. The van der Waals surface area contributed by atoms with Gasteiger partial charge in [-0.3, -0.25) is 24.1 Å². The van der Waals surface area contributed by atoms with Crippen LogP contribution in [0.15, 0.2) is 66.7 Å². The summed E-state index contributed by atoms with van der Waals surface area (Å²) in [6.07, 6.45) is 0. The second kappa shape index (κ2) is 9.08. The third kappa shape index (κ3) is 4.39. The molecule has 1 aliphatic rings. The summed E-state index contributed by atoms with van der Waals surface area (Å²) in [6, 6.07) is 18.6. The Morgan fingerprint density at radius 2 is 1.42 bits per heavy atom. The van der Waals surface area contributed by atoms with Crippen molar-refractivity contribution in [2.45, 2.75) is 20.4 Å². The van der Waals surface area contributed by atoms with Crippen molar-refractivity contribution in [3.63, 3.8) is 0 Å². The first-order chi connectivity index (χ1) is 15.9. The molecule has 0 atom stereocenters. The molecular weight excluding hydrogens is 418 g/mol. The van der Waals surface area contributed by atoms with E-state index in [1.807, 2.05) is 13.8 Å². The Balaban J connectivity index is 1.45. The van der Waals surface area contributed by atoms with E-state index in [1.165, 1.54) is 4.90 Å². The molecule has 0 bridgehead atoms. The van der Waals surface area contributed by atoms with Crippen LogP contribution in [0.25, 0.3) is 0 Å². The van der Waals surface area contributed by atoms with Crippen LogP contribution >= 0.6 is 0 Å². The minimum atomic E-state index is -0.321. The van der Waals surface area contributed by atoms with Gasteiger partial charge in [0.05, 0.1) is 17.7 Å². The molecule has 1 heterocycles. The highest BCUT2D eigenvalue weighted by molar-refractivity contribution is 6.21. The molecule has 3 aromatic rings. The van der Waals surface area contributed by atoms with E-state index in [-0.39, 0.29) is 30.2 Å². The summed E-state index contributed by atoms with van der Waals surface area (Å²) < 4.78 is 0. The van der Waals surface area contributed by atoms with Gasteiger partial charge in [-0.2, -0.15) is 0 Å². The molecule has 0 radical (unpaired) electrons. The lowest BCUT2D eigenvalue weighted by Gasteiger charge is -2.14. The van der Waals surface area contributed by atoms with Gasteiger partial charge >= 0.3 is 0 Å². The molecule has 4 rings (SSSR count). The second-order valence-electron chi connectivity index (χ2n) is 7.78. The number of amides is 4.